The third kappa shape index (κ3) is 2.91. The highest BCUT2D eigenvalue weighted by molar-refractivity contribution is 6.30. The molecule has 2 aromatic rings. The van der Waals surface area contributed by atoms with E-state index in [0.29, 0.717) is 5.92 Å². The lowest BCUT2D eigenvalue weighted by molar-refractivity contribution is 0.326. The zero-order chi connectivity index (χ0) is 13.1. The van der Waals surface area contributed by atoms with Crippen molar-refractivity contribution in [3.05, 3.63) is 64.7 Å². The molecule has 0 aromatic heterocycles. The van der Waals surface area contributed by atoms with Gasteiger partial charge in [0.15, 0.2) is 0 Å². The van der Waals surface area contributed by atoms with Crippen molar-refractivity contribution in [3.63, 3.8) is 0 Å². The Morgan fingerprint density at radius 2 is 2.05 bits per heavy atom. The topological polar surface area (TPSA) is 21.3 Å². The summed E-state index contributed by atoms with van der Waals surface area (Å²) in [4.78, 5) is 0. The first-order valence-electron chi connectivity index (χ1n) is 6.50. The fourth-order valence-corrected chi connectivity index (χ4v) is 2.65. The lowest BCUT2D eigenvalue weighted by Gasteiger charge is -2.10. The number of ether oxygens (including phenoxy) is 1. The van der Waals surface area contributed by atoms with Gasteiger partial charge in [0.1, 0.15) is 5.75 Å². The van der Waals surface area contributed by atoms with Gasteiger partial charge >= 0.3 is 0 Å². The first kappa shape index (κ1) is 12.5. The molecule has 2 nitrogen and oxygen atoms in total. The summed E-state index contributed by atoms with van der Waals surface area (Å²) in [6.45, 7) is 2.52. The maximum atomic E-state index is 5.97. The lowest BCUT2D eigenvalue weighted by atomic mass is 10.0. The van der Waals surface area contributed by atoms with E-state index < -0.39 is 0 Å². The van der Waals surface area contributed by atoms with Gasteiger partial charge in [0.05, 0.1) is 6.61 Å². The molecule has 0 saturated carbocycles. The first-order valence-corrected chi connectivity index (χ1v) is 6.87. The minimum absolute atomic E-state index is 0.440. The van der Waals surface area contributed by atoms with Crippen LogP contribution in [-0.4, -0.2) is 13.2 Å². The second-order valence-electron chi connectivity index (χ2n) is 4.81. The molecule has 3 heteroatoms. The molecule has 0 amide bonds. The van der Waals surface area contributed by atoms with Crippen molar-refractivity contribution in [1.29, 1.82) is 0 Å². The summed E-state index contributed by atoms with van der Waals surface area (Å²) in [5, 5.41) is 4.26. The number of para-hydroxylation sites is 1. The van der Waals surface area contributed by atoms with Gasteiger partial charge in [0.25, 0.3) is 0 Å². The maximum Gasteiger partial charge on any atom is 0.122 e. The number of rotatable bonds is 4. The monoisotopic (exact) mass is 273 g/mol. The summed E-state index contributed by atoms with van der Waals surface area (Å²) in [6.07, 6.45) is 0. The molecule has 1 aliphatic heterocycles. The van der Waals surface area contributed by atoms with Crippen LogP contribution in [0.5, 0.6) is 5.75 Å². The predicted molar refractivity (Wildman–Crippen MR) is 77.8 cm³/mol. The summed E-state index contributed by atoms with van der Waals surface area (Å²) in [6, 6.07) is 16.2. The maximum absolute atomic E-state index is 5.97. The summed E-state index contributed by atoms with van der Waals surface area (Å²) in [5.74, 6) is 1.47. The Hall–Kier alpha value is -1.51. The Balaban J connectivity index is 1.57. The number of benzene rings is 2. The highest BCUT2D eigenvalue weighted by Crippen LogP contribution is 2.32. The molecule has 0 spiro atoms. The van der Waals surface area contributed by atoms with Gasteiger partial charge in [0, 0.05) is 29.6 Å². The molecule has 19 heavy (non-hydrogen) atoms. The molecule has 1 aliphatic rings. The molecule has 0 fully saturated rings. The van der Waals surface area contributed by atoms with Crippen LogP contribution in [-0.2, 0) is 6.54 Å². The van der Waals surface area contributed by atoms with Crippen LogP contribution in [0.2, 0.25) is 5.02 Å². The molecule has 1 atom stereocenters. The van der Waals surface area contributed by atoms with Crippen LogP contribution >= 0.6 is 11.6 Å². The second kappa shape index (κ2) is 5.64. The van der Waals surface area contributed by atoms with Crippen LogP contribution in [0.25, 0.3) is 0 Å². The van der Waals surface area contributed by atoms with Crippen molar-refractivity contribution in [2.45, 2.75) is 12.5 Å². The van der Waals surface area contributed by atoms with Crippen LogP contribution in [0.1, 0.15) is 17.0 Å². The normalized spacial score (nSPS) is 17.0. The number of hydrogen-bond acceptors (Lipinski definition) is 2. The Bertz CT molecular complexity index is 570. The average molecular weight is 274 g/mol. The van der Waals surface area contributed by atoms with Crippen molar-refractivity contribution in [2.75, 3.05) is 13.2 Å². The van der Waals surface area contributed by atoms with Gasteiger partial charge in [0.2, 0.25) is 0 Å². The van der Waals surface area contributed by atoms with Gasteiger partial charge in [-0.2, -0.15) is 0 Å². The van der Waals surface area contributed by atoms with Crippen molar-refractivity contribution < 1.29 is 4.74 Å². The van der Waals surface area contributed by atoms with E-state index >= 15 is 0 Å². The fraction of sp³-hybridized carbons (Fsp3) is 0.250. The van der Waals surface area contributed by atoms with E-state index in [1.165, 1.54) is 11.1 Å². The summed E-state index contributed by atoms with van der Waals surface area (Å²) < 4.78 is 5.67. The molecule has 98 valence electrons. The van der Waals surface area contributed by atoms with E-state index in [1.807, 2.05) is 30.3 Å². The molecule has 1 heterocycles. The molecule has 2 aromatic carbocycles. The molecule has 1 N–H and O–H groups in total. The molecule has 1 unspecified atom stereocenters. The van der Waals surface area contributed by atoms with Crippen molar-refractivity contribution in [1.82, 2.24) is 5.32 Å². The fourth-order valence-electron chi connectivity index (χ4n) is 2.44. The van der Waals surface area contributed by atoms with Gasteiger partial charge < -0.3 is 10.1 Å². The third-order valence-electron chi connectivity index (χ3n) is 3.41. The smallest absolute Gasteiger partial charge is 0.122 e. The molecular weight excluding hydrogens is 258 g/mol. The zero-order valence-corrected chi connectivity index (χ0v) is 11.4. The van der Waals surface area contributed by atoms with Gasteiger partial charge in [-0.15, -0.1) is 0 Å². The Kier molecular flexibility index (Phi) is 3.72. The summed E-state index contributed by atoms with van der Waals surface area (Å²) >= 11 is 5.97. The van der Waals surface area contributed by atoms with E-state index in [4.69, 9.17) is 16.3 Å². The standard InChI is InChI=1S/C16H16ClNO/c17-14-5-3-4-12(8-14)9-18-10-13-11-19-16-7-2-1-6-15(13)16/h1-8,13,18H,9-11H2. The van der Waals surface area contributed by atoms with E-state index in [2.05, 4.69) is 23.5 Å². The number of halogens is 1. The van der Waals surface area contributed by atoms with Crippen LogP contribution in [0.4, 0.5) is 0 Å². The summed E-state index contributed by atoms with van der Waals surface area (Å²) in [7, 11) is 0. The highest BCUT2D eigenvalue weighted by Gasteiger charge is 2.22. The van der Waals surface area contributed by atoms with Crippen molar-refractivity contribution in [2.24, 2.45) is 0 Å². The van der Waals surface area contributed by atoms with E-state index in [1.54, 1.807) is 0 Å². The van der Waals surface area contributed by atoms with E-state index in [9.17, 15) is 0 Å². The largest absolute Gasteiger partial charge is 0.493 e. The Morgan fingerprint density at radius 3 is 2.95 bits per heavy atom. The minimum atomic E-state index is 0.440. The molecule has 0 saturated heterocycles. The SMILES string of the molecule is Clc1cccc(CNCC2COc3ccccc32)c1. The highest BCUT2D eigenvalue weighted by atomic mass is 35.5. The van der Waals surface area contributed by atoms with Crippen LogP contribution in [0.3, 0.4) is 0 Å². The Labute approximate surface area is 118 Å². The lowest BCUT2D eigenvalue weighted by Crippen LogP contribution is -2.22. The van der Waals surface area contributed by atoms with Crippen molar-refractivity contribution >= 4 is 11.6 Å². The number of fused-ring (bicyclic) bond motifs is 1. The number of nitrogens with one attached hydrogen (secondary N) is 1. The first-order chi connectivity index (χ1) is 9.33. The van der Waals surface area contributed by atoms with E-state index in [0.717, 1.165) is 30.5 Å². The summed E-state index contributed by atoms with van der Waals surface area (Å²) in [5.41, 5.74) is 2.51. The van der Waals surface area contributed by atoms with Gasteiger partial charge in [-0.3, -0.25) is 0 Å². The van der Waals surface area contributed by atoms with Crippen LogP contribution in [0.15, 0.2) is 48.5 Å². The predicted octanol–water partition coefficient (Wildman–Crippen LogP) is 3.61. The second-order valence-corrected chi connectivity index (χ2v) is 5.24. The molecule has 0 aliphatic carbocycles. The van der Waals surface area contributed by atoms with Gasteiger partial charge in [-0.1, -0.05) is 41.9 Å². The zero-order valence-electron chi connectivity index (χ0n) is 10.6. The molecule has 3 rings (SSSR count). The molecular formula is C16H16ClNO. The van der Waals surface area contributed by atoms with Gasteiger partial charge in [-0.05, 0) is 23.8 Å². The number of hydrogen-bond donors (Lipinski definition) is 1. The molecule has 0 bridgehead atoms. The molecule has 0 radical (unpaired) electrons. The van der Waals surface area contributed by atoms with E-state index in [-0.39, 0.29) is 0 Å². The quantitative estimate of drug-likeness (QED) is 0.919. The van der Waals surface area contributed by atoms with Crippen LogP contribution < -0.4 is 10.1 Å². The third-order valence-corrected chi connectivity index (χ3v) is 3.64. The average Bonchev–Trinajstić information content (AvgIpc) is 2.83. The van der Waals surface area contributed by atoms with Crippen molar-refractivity contribution in [3.8, 4) is 5.75 Å². The van der Waals surface area contributed by atoms with Gasteiger partial charge in [-0.25, -0.2) is 0 Å². The van der Waals surface area contributed by atoms with Crippen LogP contribution in [0, 0.1) is 0 Å². The Morgan fingerprint density at radius 1 is 1.16 bits per heavy atom. The minimum Gasteiger partial charge on any atom is -0.493 e.